The number of benzene rings is 1. The van der Waals surface area contributed by atoms with Gasteiger partial charge >= 0.3 is 0 Å². The highest BCUT2D eigenvalue weighted by Gasteiger charge is 2.18. The zero-order valence-electron chi connectivity index (χ0n) is 7.56. The van der Waals surface area contributed by atoms with Crippen LogP contribution in [0.2, 0.25) is 0 Å². The van der Waals surface area contributed by atoms with E-state index in [1.807, 2.05) is 0 Å². The molecule has 0 N–H and O–H groups in total. The Morgan fingerprint density at radius 1 is 1.31 bits per heavy atom. The van der Waals surface area contributed by atoms with E-state index in [4.69, 9.17) is 0 Å². The van der Waals surface area contributed by atoms with Crippen molar-refractivity contribution in [2.75, 3.05) is 0 Å². The zero-order chi connectivity index (χ0) is 9.42. The molecule has 1 aliphatic carbocycles. The van der Waals surface area contributed by atoms with E-state index in [0.717, 1.165) is 10.9 Å². The Morgan fingerprint density at radius 3 is 2.85 bits per heavy atom. The van der Waals surface area contributed by atoms with Gasteiger partial charge in [-0.1, -0.05) is 28.1 Å². The minimum atomic E-state index is 0.360. The minimum Gasteiger partial charge on any atom is -0.299 e. The molecule has 0 heterocycles. The van der Waals surface area contributed by atoms with Crippen LogP contribution in [0.25, 0.3) is 0 Å². The fourth-order valence-corrected chi connectivity index (χ4v) is 2.29. The Kier molecular flexibility index (Phi) is 2.24. The molecular formula is C11H11BrO. The number of hydrogen-bond acceptors (Lipinski definition) is 1. The summed E-state index contributed by atoms with van der Waals surface area (Å²) >= 11 is 3.54. The third-order valence-corrected chi connectivity index (χ3v) is 3.68. The maximum Gasteiger partial charge on any atom is 0.137 e. The summed E-state index contributed by atoms with van der Waals surface area (Å²) in [7, 11) is 0. The van der Waals surface area contributed by atoms with E-state index in [9.17, 15) is 4.79 Å². The van der Waals surface area contributed by atoms with Crippen LogP contribution >= 0.6 is 15.9 Å². The van der Waals surface area contributed by atoms with Crippen molar-refractivity contribution >= 4 is 21.7 Å². The second kappa shape index (κ2) is 3.26. The first-order valence-electron chi connectivity index (χ1n) is 4.47. The summed E-state index contributed by atoms with van der Waals surface area (Å²) in [6.07, 6.45) is 2.23. The van der Waals surface area contributed by atoms with Crippen molar-refractivity contribution in [1.29, 1.82) is 0 Å². The predicted octanol–water partition coefficient (Wildman–Crippen LogP) is 2.82. The molecule has 1 aromatic rings. The lowest BCUT2D eigenvalue weighted by molar-refractivity contribution is -0.118. The molecule has 0 saturated carbocycles. The van der Waals surface area contributed by atoms with Gasteiger partial charge in [0, 0.05) is 17.3 Å². The summed E-state index contributed by atoms with van der Waals surface area (Å²) in [6, 6.07) is 4.25. The molecule has 0 atom stereocenters. The van der Waals surface area contributed by atoms with Crippen molar-refractivity contribution in [2.24, 2.45) is 0 Å². The first-order chi connectivity index (χ1) is 6.18. The molecule has 2 heteroatoms. The molecule has 0 bridgehead atoms. The van der Waals surface area contributed by atoms with Crippen molar-refractivity contribution in [3.63, 3.8) is 0 Å². The summed E-state index contributed by atoms with van der Waals surface area (Å²) in [4.78, 5) is 11.3. The number of halogens is 1. The molecule has 0 radical (unpaired) electrons. The maximum atomic E-state index is 11.3. The van der Waals surface area contributed by atoms with Crippen molar-refractivity contribution in [3.8, 4) is 0 Å². The van der Waals surface area contributed by atoms with E-state index in [1.165, 1.54) is 16.7 Å². The highest BCUT2D eigenvalue weighted by atomic mass is 79.9. The summed E-state index contributed by atoms with van der Waals surface area (Å²) in [5.74, 6) is 0.360. The third kappa shape index (κ3) is 1.55. The van der Waals surface area contributed by atoms with Gasteiger partial charge in [0.05, 0.1) is 0 Å². The molecule has 0 amide bonds. The van der Waals surface area contributed by atoms with Crippen LogP contribution in [0.3, 0.4) is 0 Å². The molecule has 1 nitrogen and oxygen atoms in total. The van der Waals surface area contributed by atoms with Crippen LogP contribution < -0.4 is 0 Å². The number of rotatable bonds is 0. The van der Waals surface area contributed by atoms with Crippen LogP contribution in [0.4, 0.5) is 0 Å². The number of hydrogen-bond donors (Lipinski definition) is 0. The van der Waals surface area contributed by atoms with E-state index in [-0.39, 0.29) is 0 Å². The van der Waals surface area contributed by atoms with Crippen LogP contribution in [0.1, 0.15) is 23.1 Å². The van der Waals surface area contributed by atoms with Gasteiger partial charge in [-0.05, 0) is 30.0 Å². The monoisotopic (exact) mass is 238 g/mol. The lowest BCUT2D eigenvalue weighted by Crippen LogP contribution is -2.14. The zero-order valence-corrected chi connectivity index (χ0v) is 9.15. The Morgan fingerprint density at radius 2 is 2.08 bits per heavy atom. The number of Topliss-reactive ketones (excluding diaryl/α,β-unsaturated/α-hetero) is 1. The summed E-state index contributed by atoms with van der Waals surface area (Å²) < 4.78 is 1.12. The molecule has 0 unspecified atom stereocenters. The Labute approximate surface area is 86.3 Å². The lowest BCUT2D eigenvalue weighted by Gasteiger charge is -2.17. The standard InChI is InChI=1S/C11H11BrO/c1-7-2-3-8-4-5-9(13)6-10(8)11(7)12/h2-3H,4-6H2,1H3. The number of ketones is 1. The molecule has 0 spiro atoms. The van der Waals surface area contributed by atoms with Crippen LogP contribution in [0.5, 0.6) is 0 Å². The second-order valence-corrected chi connectivity index (χ2v) is 4.34. The average Bonchev–Trinajstić information content (AvgIpc) is 2.12. The molecule has 2 rings (SSSR count). The first-order valence-corrected chi connectivity index (χ1v) is 5.26. The highest BCUT2D eigenvalue weighted by Crippen LogP contribution is 2.29. The molecule has 0 fully saturated rings. The fraction of sp³-hybridized carbons (Fsp3) is 0.364. The third-order valence-electron chi connectivity index (χ3n) is 2.58. The topological polar surface area (TPSA) is 17.1 Å². The number of fused-ring (bicyclic) bond motifs is 1. The SMILES string of the molecule is Cc1ccc2c(c1Br)CC(=O)CC2. The number of aryl methyl sites for hydroxylation is 2. The average molecular weight is 239 g/mol. The summed E-state index contributed by atoms with van der Waals surface area (Å²) in [6.45, 7) is 2.06. The minimum absolute atomic E-state index is 0.360. The van der Waals surface area contributed by atoms with Gasteiger partial charge in [0.15, 0.2) is 0 Å². The lowest BCUT2D eigenvalue weighted by atomic mass is 9.90. The van der Waals surface area contributed by atoms with Crippen LogP contribution in [-0.4, -0.2) is 5.78 Å². The summed E-state index contributed by atoms with van der Waals surface area (Å²) in [5.41, 5.74) is 3.75. The summed E-state index contributed by atoms with van der Waals surface area (Å²) in [5, 5.41) is 0. The van der Waals surface area contributed by atoms with Gasteiger partial charge in [-0.15, -0.1) is 0 Å². The van der Waals surface area contributed by atoms with E-state index < -0.39 is 0 Å². The molecule has 1 aliphatic rings. The molecular weight excluding hydrogens is 228 g/mol. The van der Waals surface area contributed by atoms with Gasteiger partial charge in [0.1, 0.15) is 5.78 Å². The van der Waals surface area contributed by atoms with E-state index in [0.29, 0.717) is 18.6 Å². The van der Waals surface area contributed by atoms with Gasteiger partial charge in [-0.25, -0.2) is 0 Å². The van der Waals surface area contributed by atoms with E-state index in [1.54, 1.807) is 0 Å². The van der Waals surface area contributed by atoms with Gasteiger partial charge in [0.25, 0.3) is 0 Å². The maximum absolute atomic E-state index is 11.3. The van der Waals surface area contributed by atoms with E-state index in [2.05, 4.69) is 35.0 Å². The van der Waals surface area contributed by atoms with Gasteiger partial charge < -0.3 is 0 Å². The van der Waals surface area contributed by atoms with Crippen LogP contribution in [-0.2, 0) is 17.6 Å². The largest absolute Gasteiger partial charge is 0.299 e. The normalized spacial score (nSPS) is 15.7. The number of carbonyl (C=O) groups is 1. The smallest absolute Gasteiger partial charge is 0.137 e. The molecule has 1 aromatic carbocycles. The molecule has 0 aliphatic heterocycles. The second-order valence-electron chi connectivity index (χ2n) is 3.55. The van der Waals surface area contributed by atoms with Gasteiger partial charge in [0.2, 0.25) is 0 Å². The Balaban J connectivity index is 2.54. The fourth-order valence-electron chi connectivity index (χ4n) is 1.76. The van der Waals surface area contributed by atoms with Crippen molar-refractivity contribution in [3.05, 3.63) is 33.3 Å². The molecule has 68 valence electrons. The van der Waals surface area contributed by atoms with Crippen molar-refractivity contribution < 1.29 is 4.79 Å². The molecule has 13 heavy (non-hydrogen) atoms. The van der Waals surface area contributed by atoms with Gasteiger partial charge in [-0.2, -0.15) is 0 Å². The van der Waals surface area contributed by atoms with Gasteiger partial charge in [-0.3, -0.25) is 4.79 Å². The van der Waals surface area contributed by atoms with Crippen molar-refractivity contribution in [2.45, 2.75) is 26.2 Å². The first kappa shape index (κ1) is 8.95. The van der Waals surface area contributed by atoms with Crippen molar-refractivity contribution in [1.82, 2.24) is 0 Å². The Hall–Kier alpha value is -0.630. The molecule has 0 aromatic heterocycles. The van der Waals surface area contributed by atoms with Crippen LogP contribution in [0, 0.1) is 6.92 Å². The number of carbonyl (C=O) groups excluding carboxylic acids is 1. The van der Waals surface area contributed by atoms with Crippen LogP contribution in [0.15, 0.2) is 16.6 Å². The predicted molar refractivity (Wildman–Crippen MR) is 55.9 cm³/mol. The highest BCUT2D eigenvalue weighted by molar-refractivity contribution is 9.10. The van der Waals surface area contributed by atoms with E-state index >= 15 is 0 Å². The quantitative estimate of drug-likeness (QED) is 0.680. The Bertz CT molecular complexity index is 369. The molecule has 0 saturated heterocycles.